The van der Waals surface area contributed by atoms with Gasteiger partial charge in [0.2, 0.25) is 0 Å². The number of hydrogen-bond donors (Lipinski definition) is 0. The van der Waals surface area contributed by atoms with Gasteiger partial charge in [0.05, 0.1) is 0 Å². The Hall–Kier alpha value is -0.180. The fraction of sp³-hybridized carbons (Fsp3) is 0.227. The van der Waals surface area contributed by atoms with Crippen LogP contribution in [0.1, 0.15) is 19.4 Å². The maximum absolute atomic E-state index is 3.43. The number of benzene rings is 1. The van der Waals surface area contributed by atoms with Crippen LogP contribution >= 0.6 is 11.8 Å². The minimum atomic E-state index is 0. The van der Waals surface area contributed by atoms with E-state index in [0.29, 0.717) is 5.25 Å². The molecule has 5 heteroatoms. The minimum Gasteiger partial charge on any atom is -1.00 e. The summed E-state index contributed by atoms with van der Waals surface area (Å²) in [7, 11) is 0. The van der Waals surface area contributed by atoms with E-state index >= 15 is 0 Å². The molecule has 0 saturated heterocycles. The average molecular weight is 511 g/mol. The van der Waals surface area contributed by atoms with Gasteiger partial charge in [-0.2, -0.15) is 35.4 Å². The summed E-state index contributed by atoms with van der Waals surface area (Å²) < 4.78 is 0. The summed E-state index contributed by atoms with van der Waals surface area (Å²) in [6.07, 6.45) is 5.69. The second-order valence-electron chi connectivity index (χ2n) is 6.20. The van der Waals surface area contributed by atoms with Gasteiger partial charge in [-0.1, -0.05) is 42.8 Å². The van der Waals surface area contributed by atoms with E-state index in [4.69, 9.17) is 0 Å². The Morgan fingerprint density at radius 2 is 1.59 bits per heavy atom. The second kappa shape index (κ2) is 13.9. The maximum atomic E-state index is 3.43. The number of halogens is 2. The molecule has 1 aliphatic carbocycles. The van der Waals surface area contributed by atoms with Gasteiger partial charge < -0.3 is 24.8 Å². The molecule has 0 amide bonds. The van der Waals surface area contributed by atoms with Gasteiger partial charge in [-0.15, -0.1) is 16.7 Å². The topological polar surface area (TPSA) is 0 Å². The Bertz CT molecular complexity index is 772. The molecule has 0 spiro atoms. The van der Waals surface area contributed by atoms with Crippen molar-refractivity contribution in [3.8, 4) is 0 Å². The summed E-state index contributed by atoms with van der Waals surface area (Å²) in [6, 6.07) is 20.7. The number of hydrogen-bond acceptors (Lipinski definition) is 1. The summed E-state index contributed by atoms with van der Waals surface area (Å²) in [5, 5.41) is 0.546. The van der Waals surface area contributed by atoms with E-state index in [1.165, 1.54) is 27.2 Å². The van der Waals surface area contributed by atoms with Gasteiger partial charge in [-0.05, 0) is 12.5 Å². The van der Waals surface area contributed by atoms with Gasteiger partial charge in [0.1, 0.15) is 0 Å². The molecule has 2 aliphatic rings. The molecular weight excluding hydrogens is 487 g/mol. The van der Waals surface area contributed by atoms with Crippen LogP contribution in [-0.4, -0.2) is 10.7 Å². The Kier molecular flexibility index (Phi) is 13.8. The molecule has 1 atom stereocenters. The molecule has 0 N–H and O–H groups in total. The number of rotatable bonds is 1. The third kappa shape index (κ3) is 8.79. The van der Waals surface area contributed by atoms with E-state index in [0.717, 1.165) is 0 Å². The van der Waals surface area contributed by atoms with Crippen molar-refractivity contribution in [2.75, 3.05) is 0 Å². The van der Waals surface area contributed by atoms with E-state index in [1.54, 1.807) is 23.3 Å². The van der Waals surface area contributed by atoms with Crippen molar-refractivity contribution >= 4 is 22.8 Å². The number of fused-ring (bicyclic) bond motifs is 1. The van der Waals surface area contributed by atoms with Gasteiger partial charge in [-0.25, -0.2) is 18.2 Å². The van der Waals surface area contributed by atoms with E-state index in [-0.39, 0.29) is 30.2 Å². The fourth-order valence-electron chi connectivity index (χ4n) is 2.64. The summed E-state index contributed by atoms with van der Waals surface area (Å²) in [5.74, 6) is 0. The molecule has 0 aromatic heterocycles. The van der Waals surface area contributed by atoms with Crippen LogP contribution in [0.25, 0.3) is 5.57 Å². The third-order valence-electron chi connectivity index (χ3n) is 3.55. The fourth-order valence-corrected chi connectivity index (χ4v) is 3.89. The molecule has 0 radical (unpaired) electrons. The molecule has 0 saturated carbocycles. The van der Waals surface area contributed by atoms with Gasteiger partial charge >= 0.3 is 41.9 Å². The van der Waals surface area contributed by atoms with Gasteiger partial charge in [0.25, 0.3) is 0 Å². The zero-order valence-corrected chi connectivity index (χ0v) is 21.9. The van der Waals surface area contributed by atoms with Crippen molar-refractivity contribution in [2.45, 2.75) is 32.2 Å². The van der Waals surface area contributed by atoms with Crippen LogP contribution in [0.15, 0.2) is 82.8 Å². The van der Waals surface area contributed by atoms with Crippen molar-refractivity contribution in [1.29, 1.82) is 0 Å². The number of allylic oxidation sites excluding steroid dienone is 4. The third-order valence-corrected chi connectivity index (χ3v) is 4.69. The van der Waals surface area contributed by atoms with Crippen LogP contribution in [0.4, 0.5) is 0 Å². The quantitative estimate of drug-likeness (QED) is 0.396. The summed E-state index contributed by atoms with van der Waals surface area (Å²) in [6.45, 7) is 9.01. The van der Waals surface area contributed by atoms with E-state index < -0.39 is 0 Å². The molecule has 27 heavy (non-hydrogen) atoms. The Morgan fingerprint density at radius 1 is 1.04 bits per heavy atom. The van der Waals surface area contributed by atoms with Crippen molar-refractivity contribution < 1.29 is 48.1 Å². The molecule has 142 valence electrons. The van der Waals surface area contributed by atoms with Gasteiger partial charge in [0.15, 0.2) is 0 Å². The molecule has 0 bridgehead atoms. The standard InChI is InChI=1S/C15H13S.C5H5.C2H6Si.2ClH.Zr/c1-10-8-13-14(9-10)16-11(2)15(13)12-6-4-3-5-7-12;1-2-4-5-3-1;1-3-2;;;/h3-8,11H,1-2H3;1-5H;1-2H3;2*1H;/q2*-1;;;;+2/p-2. The van der Waals surface area contributed by atoms with Crippen LogP contribution in [0.2, 0.25) is 13.1 Å². The predicted molar refractivity (Wildman–Crippen MR) is 110 cm³/mol. The molecule has 0 fully saturated rings. The van der Waals surface area contributed by atoms with E-state index in [1.807, 2.05) is 42.1 Å². The molecule has 1 unspecified atom stereocenters. The van der Waals surface area contributed by atoms with Crippen molar-refractivity contribution in [3.63, 3.8) is 0 Å². The first-order valence-electron chi connectivity index (χ1n) is 8.46. The monoisotopic (exact) mass is 508 g/mol. The van der Waals surface area contributed by atoms with Crippen molar-refractivity contribution in [1.82, 2.24) is 0 Å². The largest absolute Gasteiger partial charge is 1.00 e. The Labute approximate surface area is 196 Å². The zero-order valence-electron chi connectivity index (χ0n) is 16.1. The SMILES string of the molecule is CC1=CC2=C(c3ccccc3)C(C)SC2=[C-]1.C[Si](C)=[Zr+2].[Cl-].[Cl-].c1cc[cH-]c1. The summed E-state index contributed by atoms with van der Waals surface area (Å²) >= 11 is 3.66. The second-order valence-corrected chi connectivity index (χ2v) is 16.9. The molecule has 1 heterocycles. The average Bonchev–Trinajstić information content (AvgIpc) is 3.26. The predicted octanol–water partition coefficient (Wildman–Crippen LogP) is 0.420. The molecule has 0 nitrogen and oxygen atoms in total. The van der Waals surface area contributed by atoms with Crippen LogP contribution in [0.3, 0.4) is 0 Å². The number of thioether (sulfide) groups is 1. The smallest absolute Gasteiger partial charge is 0.172 e. The van der Waals surface area contributed by atoms with Crippen LogP contribution in [-0.2, 0) is 23.3 Å². The van der Waals surface area contributed by atoms with Crippen molar-refractivity contribution in [3.05, 3.63) is 94.4 Å². The van der Waals surface area contributed by atoms with Gasteiger partial charge in [-0.3, -0.25) is 0 Å². The van der Waals surface area contributed by atoms with Gasteiger partial charge in [0, 0.05) is 5.25 Å². The first kappa shape index (κ1) is 26.8. The molecule has 4 rings (SSSR count). The minimum absolute atomic E-state index is 0. The van der Waals surface area contributed by atoms with Crippen molar-refractivity contribution in [2.24, 2.45) is 0 Å². The Balaban J connectivity index is 0.000000518. The molecular formula is C22H24Cl2SSiZr-2. The molecule has 2 aromatic carbocycles. The Morgan fingerprint density at radius 3 is 2.07 bits per heavy atom. The molecule has 1 aliphatic heterocycles. The van der Waals surface area contributed by atoms with Crippen LogP contribution in [0.5, 0.6) is 0 Å². The molecule has 2 aromatic rings. The van der Waals surface area contributed by atoms with Crippen LogP contribution in [0, 0.1) is 6.08 Å². The maximum Gasteiger partial charge on any atom is -0.172 e. The first-order chi connectivity index (χ1) is 12.0. The summed E-state index contributed by atoms with van der Waals surface area (Å²) in [4.78, 5) is 1.32. The summed E-state index contributed by atoms with van der Waals surface area (Å²) in [5.41, 5.74) is 5.66. The normalized spacial score (nSPS) is 16.3. The zero-order chi connectivity index (χ0) is 18.2. The first-order valence-corrected chi connectivity index (χ1v) is 15.5. The van der Waals surface area contributed by atoms with E-state index in [2.05, 4.69) is 69.4 Å². The van der Waals surface area contributed by atoms with Crippen LogP contribution < -0.4 is 24.8 Å². The van der Waals surface area contributed by atoms with E-state index in [9.17, 15) is 0 Å².